The van der Waals surface area contributed by atoms with Crippen LogP contribution >= 0.6 is 0 Å². The molecule has 0 aliphatic heterocycles. The molecule has 4 aromatic rings. The number of aromatic amines is 1. The van der Waals surface area contributed by atoms with E-state index < -0.39 is 0 Å². The lowest BCUT2D eigenvalue weighted by atomic mass is 10.3. The molecule has 0 saturated carbocycles. The Hall–Kier alpha value is -3.68. The van der Waals surface area contributed by atoms with Crippen molar-refractivity contribution >= 4 is 28.7 Å². The van der Waals surface area contributed by atoms with E-state index in [0.717, 1.165) is 11.3 Å². The predicted molar refractivity (Wildman–Crippen MR) is 99.6 cm³/mol. The van der Waals surface area contributed by atoms with Gasteiger partial charge in [0.1, 0.15) is 23.7 Å². The van der Waals surface area contributed by atoms with Gasteiger partial charge in [0.2, 0.25) is 5.95 Å². The lowest BCUT2D eigenvalue weighted by molar-refractivity contribution is 0.333. The van der Waals surface area contributed by atoms with Crippen LogP contribution < -0.4 is 15.4 Å². The smallest absolute Gasteiger partial charge is 0.232 e. The van der Waals surface area contributed by atoms with Gasteiger partial charge in [-0.2, -0.15) is 9.97 Å². The number of pyridine rings is 1. The molecule has 130 valence electrons. The van der Waals surface area contributed by atoms with Gasteiger partial charge >= 0.3 is 0 Å². The van der Waals surface area contributed by atoms with Crippen LogP contribution in [0.2, 0.25) is 0 Å². The number of rotatable bonds is 7. The minimum Gasteiger partial charge on any atom is -0.492 e. The van der Waals surface area contributed by atoms with Crippen LogP contribution in [0.25, 0.3) is 11.2 Å². The van der Waals surface area contributed by atoms with Crippen LogP contribution in [-0.4, -0.2) is 38.1 Å². The average Bonchev–Trinajstić information content (AvgIpc) is 3.15. The van der Waals surface area contributed by atoms with Gasteiger partial charge in [0.05, 0.1) is 12.9 Å². The molecule has 0 aliphatic rings. The molecular weight excluding hydrogens is 330 g/mol. The van der Waals surface area contributed by atoms with Crippen molar-refractivity contribution in [2.75, 3.05) is 23.8 Å². The summed E-state index contributed by atoms with van der Waals surface area (Å²) in [5.41, 5.74) is 1.32. The molecular formula is C18H17N7O. The molecule has 3 aromatic heterocycles. The molecule has 8 heteroatoms. The Morgan fingerprint density at radius 2 is 1.85 bits per heavy atom. The number of anilines is 3. The lowest BCUT2D eigenvalue weighted by Gasteiger charge is -2.10. The maximum absolute atomic E-state index is 5.69. The number of ether oxygens (including phenoxy) is 1. The summed E-state index contributed by atoms with van der Waals surface area (Å²) in [7, 11) is 0. The molecule has 4 rings (SSSR count). The normalized spacial score (nSPS) is 10.6. The van der Waals surface area contributed by atoms with Crippen molar-refractivity contribution in [1.82, 2.24) is 24.9 Å². The van der Waals surface area contributed by atoms with Gasteiger partial charge in [-0.25, -0.2) is 9.97 Å². The van der Waals surface area contributed by atoms with Crippen LogP contribution in [0.15, 0.2) is 61.1 Å². The van der Waals surface area contributed by atoms with Gasteiger partial charge in [0.15, 0.2) is 11.5 Å². The van der Waals surface area contributed by atoms with E-state index in [1.165, 1.54) is 0 Å². The minimum atomic E-state index is 0.426. The second-order valence-electron chi connectivity index (χ2n) is 5.43. The summed E-state index contributed by atoms with van der Waals surface area (Å²) < 4.78 is 5.69. The first kappa shape index (κ1) is 15.8. The summed E-state index contributed by atoms with van der Waals surface area (Å²) in [6, 6.07) is 15.3. The SMILES string of the molecule is c1ccc(OCCNc2nc(Nc3ccccn3)nc3nc[nH]c23)cc1. The number of para-hydroxylation sites is 1. The van der Waals surface area contributed by atoms with E-state index in [9.17, 15) is 0 Å². The van der Waals surface area contributed by atoms with Crippen LogP contribution in [-0.2, 0) is 0 Å². The van der Waals surface area contributed by atoms with Gasteiger partial charge in [-0.15, -0.1) is 0 Å². The molecule has 26 heavy (non-hydrogen) atoms. The Morgan fingerprint density at radius 3 is 2.69 bits per heavy atom. The Bertz CT molecular complexity index is 973. The monoisotopic (exact) mass is 347 g/mol. The predicted octanol–water partition coefficient (Wildman–Crippen LogP) is 2.98. The van der Waals surface area contributed by atoms with Gasteiger partial charge in [0.25, 0.3) is 0 Å². The highest BCUT2D eigenvalue weighted by molar-refractivity contribution is 5.84. The summed E-state index contributed by atoms with van der Waals surface area (Å²) in [5, 5.41) is 6.35. The van der Waals surface area contributed by atoms with Crippen molar-refractivity contribution in [3.8, 4) is 5.75 Å². The molecule has 0 saturated heterocycles. The standard InChI is InChI=1S/C18H17N7O/c1-2-6-13(7-3-1)26-11-10-20-16-15-17(22-12-21-15)25-18(24-16)23-14-8-4-5-9-19-14/h1-9,12H,10-11H2,(H3,19,20,21,22,23,24,25). The number of aromatic nitrogens is 5. The molecule has 0 atom stereocenters. The first-order chi connectivity index (χ1) is 12.9. The number of hydrogen-bond donors (Lipinski definition) is 3. The maximum atomic E-state index is 5.69. The quantitative estimate of drug-likeness (QED) is 0.442. The summed E-state index contributed by atoms with van der Waals surface area (Å²) in [5.74, 6) is 2.58. The van der Waals surface area contributed by atoms with E-state index in [2.05, 4.69) is 35.6 Å². The van der Waals surface area contributed by atoms with Crippen molar-refractivity contribution < 1.29 is 4.74 Å². The lowest BCUT2D eigenvalue weighted by Crippen LogP contribution is -2.13. The average molecular weight is 347 g/mol. The van der Waals surface area contributed by atoms with Gasteiger partial charge < -0.3 is 20.4 Å². The molecule has 3 N–H and O–H groups in total. The zero-order valence-corrected chi connectivity index (χ0v) is 13.9. The van der Waals surface area contributed by atoms with Crippen molar-refractivity contribution in [3.63, 3.8) is 0 Å². The number of nitrogens with one attached hydrogen (secondary N) is 3. The largest absolute Gasteiger partial charge is 0.492 e. The molecule has 0 radical (unpaired) electrons. The second kappa shape index (κ2) is 7.47. The third-order valence-corrected chi connectivity index (χ3v) is 3.60. The number of benzene rings is 1. The van der Waals surface area contributed by atoms with Gasteiger partial charge in [-0.05, 0) is 24.3 Å². The molecule has 0 fully saturated rings. The Balaban J connectivity index is 1.46. The van der Waals surface area contributed by atoms with E-state index in [4.69, 9.17) is 4.74 Å². The van der Waals surface area contributed by atoms with Crippen molar-refractivity contribution in [2.45, 2.75) is 0 Å². The first-order valence-electron chi connectivity index (χ1n) is 8.19. The Labute approximate surface area is 149 Å². The zero-order valence-electron chi connectivity index (χ0n) is 13.9. The topological polar surface area (TPSA) is 101 Å². The van der Waals surface area contributed by atoms with Crippen LogP contribution in [0, 0.1) is 0 Å². The van der Waals surface area contributed by atoms with E-state index in [1.54, 1.807) is 12.5 Å². The summed E-state index contributed by atoms with van der Waals surface area (Å²) in [6.45, 7) is 1.09. The first-order valence-corrected chi connectivity index (χ1v) is 8.19. The fraction of sp³-hybridized carbons (Fsp3) is 0.111. The van der Waals surface area contributed by atoms with Crippen LogP contribution in [0.4, 0.5) is 17.6 Å². The highest BCUT2D eigenvalue weighted by atomic mass is 16.5. The molecule has 0 unspecified atom stereocenters. The molecule has 1 aromatic carbocycles. The fourth-order valence-corrected chi connectivity index (χ4v) is 2.42. The van der Waals surface area contributed by atoms with E-state index in [-0.39, 0.29) is 0 Å². The molecule has 0 aliphatic carbocycles. The van der Waals surface area contributed by atoms with Crippen molar-refractivity contribution in [2.24, 2.45) is 0 Å². The van der Waals surface area contributed by atoms with Crippen LogP contribution in [0.1, 0.15) is 0 Å². The van der Waals surface area contributed by atoms with Crippen LogP contribution in [0.5, 0.6) is 5.75 Å². The highest BCUT2D eigenvalue weighted by Gasteiger charge is 2.10. The minimum absolute atomic E-state index is 0.426. The van der Waals surface area contributed by atoms with E-state index in [1.807, 2.05) is 48.5 Å². The van der Waals surface area contributed by atoms with E-state index >= 15 is 0 Å². The van der Waals surface area contributed by atoms with Gasteiger partial charge in [0, 0.05) is 6.20 Å². The molecule has 0 amide bonds. The summed E-state index contributed by atoms with van der Waals surface area (Å²) in [6.07, 6.45) is 3.30. The van der Waals surface area contributed by atoms with E-state index in [0.29, 0.717) is 36.4 Å². The number of imidazole rings is 1. The molecule has 8 nitrogen and oxygen atoms in total. The third kappa shape index (κ3) is 3.69. The number of nitrogens with zero attached hydrogens (tertiary/aromatic N) is 4. The number of fused-ring (bicyclic) bond motifs is 1. The zero-order chi connectivity index (χ0) is 17.6. The maximum Gasteiger partial charge on any atom is 0.232 e. The molecule has 0 spiro atoms. The number of hydrogen-bond acceptors (Lipinski definition) is 7. The fourth-order valence-electron chi connectivity index (χ4n) is 2.42. The Kier molecular flexibility index (Phi) is 4.55. The Morgan fingerprint density at radius 1 is 0.962 bits per heavy atom. The second-order valence-corrected chi connectivity index (χ2v) is 5.43. The van der Waals surface area contributed by atoms with Gasteiger partial charge in [-0.3, -0.25) is 0 Å². The van der Waals surface area contributed by atoms with Crippen LogP contribution in [0.3, 0.4) is 0 Å². The highest BCUT2D eigenvalue weighted by Crippen LogP contribution is 2.20. The summed E-state index contributed by atoms with van der Waals surface area (Å²) >= 11 is 0. The molecule has 3 heterocycles. The molecule has 0 bridgehead atoms. The summed E-state index contributed by atoms with van der Waals surface area (Å²) in [4.78, 5) is 20.4. The van der Waals surface area contributed by atoms with Crippen molar-refractivity contribution in [1.29, 1.82) is 0 Å². The third-order valence-electron chi connectivity index (χ3n) is 3.60. The number of H-pyrrole nitrogens is 1. The van der Waals surface area contributed by atoms with Gasteiger partial charge in [-0.1, -0.05) is 24.3 Å². The van der Waals surface area contributed by atoms with Crippen molar-refractivity contribution in [3.05, 3.63) is 61.1 Å².